The molecule has 10 heteroatoms. The van der Waals surface area contributed by atoms with Crippen LogP contribution in [0.5, 0.6) is 11.8 Å². The number of ether oxygens (including phenoxy) is 1. The van der Waals surface area contributed by atoms with E-state index in [-0.39, 0.29) is 17.9 Å². The van der Waals surface area contributed by atoms with Crippen molar-refractivity contribution in [3.8, 4) is 11.8 Å². The Labute approximate surface area is 199 Å². The van der Waals surface area contributed by atoms with Gasteiger partial charge in [0, 0.05) is 48.7 Å². The summed E-state index contributed by atoms with van der Waals surface area (Å²) in [6.07, 6.45) is 5.20. The number of fused-ring (bicyclic) bond motifs is 6. The summed E-state index contributed by atoms with van der Waals surface area (Å²) in [7, 11) is 1.77. The van der Waals surface area contributed by atoms with Crippen LogP contribution in [0.4, 0.5) is 15.9 Å². The van der Waals surface area contributed by atoms with Crippen molar-refractivity contribution in [2.24, 2.45) is 11.7 Å². The van der Waals surface area contributed by atoms with E-state index in [9.17, 15) is 4.39 Å². The molecule has 2 fully saturated rings. The number of hydrogen-bond donors (Lipinski definition) is 3. The van der Waals surface area contributed by atoms with Gasteiger partial charge >= 0.3 is 6.01 Å². The van der Waals surface area contributed by atoms with E-state index in [1.165, 1.54) is 18.5 Å². The van der Waals surface area contributed by atoms with Gasteiger partial charge in [-0.05, 0) is 43.0 Å². The fourth-order valence-corrected chi connectivity index (χ4v) is 5.65. The van der Waals surface area contributed by atoms with Crippen molar-refractivity contribution in [3.63, 3.8) is 0 Å². The predicted octanol–water partition coefficient (Wildman–Crippen LogP) is 3.95. The molecular formula is C25H23FN8O. The van der Waals surface area contributed by atoms with Crippen molar-refractivity contribution in [2.75, 3.05) is 23.8 Å². The summed E-state index contributed by atoms with van der Waals surface area (Å²) in [5.74, 6) is 1.41. The number of halogens is 1. The molecule has 1 saturated heterocycles. The molecule has 3 atom stereocenters. The van der Waals surface area contributed by atoms with Crippen LogP contribution in [0.3, 0.4) is 0 Å². The van der Waals surface area contributed by atoms with Gasteiger partial charge in [-0.1, -0.05) is 0 Å². The molecule has 3 aromatic heterocycles. The summed E-state index contributed by atoms with van der Waals surface area (Å²) in [5, 5.41) is 5.51. The lowest BCUT2D eigenvalue weighted by atomic mass is 10.0. The van der Waals surface area contributed by atoms with Crippen LogP contribution in [-0.2, 0) is 0 Å². The van der Waals surface area contributed by atoms with Gasteiger partial charge in [0.2, 0.25) is 0 Å². The smallest absolute Gasteiger partial charge is 0.325 e. The average Bonchev–Trinajstić information content (AvgIpc) is 3.55. The van der Waals surface area contributed by atoms with Crippen LogP contribution >= 0.6 is 0 Å². The Morgan fingerprint density at radius 3 is 2.91 bits per heavy atom. The molecule has 9 nitrogen and oxygen atoms in total. The number of aromatic nitrogens is 5. The van der Waals surface area contributed by atoms with Crippen molar-refractivity contribution in [1.29, 1.82) is 0 Å². The van der Waals surface area contributed by atoms with Crippen molar-refractivity contribution < 1.29 is 9.13 Å². The van der Waals surface area contributed by atoms with Crippen molar-refractivity contribution >= 4 is 44.3 Å². The van der Waals surface area contributed by atoms with E-state index < -0.39 is 0 Å². The van der Waals surface area contributed by atoms with Crippen molar-refractivity contribution in [1.82, 2.24) is 24.9 Å². The fourth-order valence-electron chi connectivity index (χ4n) is 5.65. The number of nitrogens with two attached hydrogens (primary N) is 1. The Balaban J connectivity index is 1.40. The molecule has 0 amide bonds. The third-order valence-corrected chi connectivity index (χ3v) is 7.31. The number of hydrogen-bond acceptors (Lipinski definition) is 8. The first-order valence-electron chi connectivity index (χ1n) is 11.7. The molecule has 5 aromatic rings. The van der Waals surface area contributed by atoms with Crippen LogP contribution in [0, 0.1) is 11.7 Å². The second-order valence-corrected chi connectivity index (χ2v) is 9.35. The molecule has 35 heavy (non-hydrogen) atoms. The predicted molar refractivity (Wildman–Crippen MR) is 132 cm³/mol. The summed E-state index contributed by atoms with van der Waals surface area (Å²) >= 11 is 0. The SMILES string of the molecule is CNc1cc(F)cc2c1[nH]c1nc(Oc3ccc4cncnc4c3)nc(N3C[C@H]4C[C@@H]3C[C@H]4N)c12. The van der Waals surface area contributed by atoms with Crippen molar-refractivity contribution in [3.05, 3.63) is 48.7 Å². The Morgan fingerprint density at radius 1 is 1.20 bits per heavy atom. The Hall–Kier alpha value is -4.05. The van der Waals surface area contributed by atoms with Crippen molar-refractivity contribution in [2.45, 2.75) is 24.9 Å². The maximum absolute atomic E-state index is 14.5. The zero-order valence-corrected chi connectivity index (χ0v) is 19.0. The standard InChI is InChI=1S/C25H23FN8O/c1-28-20-6-14(26)5-17-21-23(31-22(17)20)32-25(33-24(21)34-10-13-4-15(34)7-18(13)27)35-16-3-2-12-9-29-11-30-19(12)8-16/h2-3,5-6,8-9,11,13,15,18,28H,4,7,10,27H2,1H3,(H,31,32,33)/t13-,15-,18-/m1/s1. The third-order valence-electron chi connectivity index (χ3n) is 7.31. The lowest BCUT2D eigenvalue weighted by Crippen LogP contribution is -2.41. The van der Waals surface area contributed by atoms with E-state index in [1.807, 2.05) is 18.2 Å². The largest absolute Gasteiger partial charge is 0.424 e. The number of anilines is 2. The summed E-state index contributed by atoms with van der Waals surface area (Å²) < 4.78 is 20.7. The number of aromatic amines is 1. The lowest BCUT2D eigenvalue weighted by Gasteiger charge is -2.31. The second-order valence-electron chi connectivity index (χ2n) is 9.35. The van der Waals surface area contributed by atoms with E-state index in [2.05, 4.69) is 30.2 Å². The lowest BCUT2D eigenvalue weighted by molar-refractivity contribution is 0.440. The number of benzene rings is 2. The highest BCUT2D eigenvalue weighted by Gasteiger charge is 2.44. The number of rotatable bonds is 4. The first-order valence-corrected chi connectivity index (χ1v) is 11.7. The highest BCUT2D eigenvalue weighted by molar-refractivity contribution is 6.14. The molecule has 4 N–H and O–H groups in total. The molecule has 1 aliphatic heterocycles. The van der Waals surface area contributed by atoms with E-state index in [1.54, 1.807) is 13.2 Å². The molecule has 176 valence electrons. The molecule has 0 radical (unpaired) electrons. The quantitative estimate of drug-likeness (QED) is 0.361. The van der Waals surface area contributed by atoms with E-state index in [4.69, 9.17) is 15.5 Å². The van der Waals surface area contributed by atoms with Crippen LogP contribution < -0.4 is 20.7 Å². The van der Waals surface area contributed by atoms with Crippen LogP contribution in [0.1, 0.15) is 12.8 Å². The fraction of sp³-hybridized carbons (Fsp3) is 0.280. The van der Waals surface area contributed by atoms with E-state index in [0.29, 0.717) is 29.0 Å². The van der Waals surface area contributed by atoms with Gasteiger partial charge in [0.05, 0.1) is 22.1 Å². The molecule has 1 saturated carbocycles. The molecule has 7 rings (SSSR count). The molecule has 0 unspecified atom stereocenters. The Kier molecular flexibility index (Phi) is 4.34. The number of nitrogens with zero attached hydrogens (tertiary/aromatic N) is 5. The minimum atomic E-state index is -0.322. The molecule has 0 spiro atoms. The van der Waals surface area contributed by atoms with E-state index in [0.717, 1.165) is 52.4 Å². The van der Waals surface area contributed by atoms with Crippen LogP contribution in [0.2, 0.25) is 0 Å². The van der Waals surface area contributed by atoms with E-state index >= 15 is 0 Å². The summed E-state index contributed by atoms with van der Waals surface area (Å²) in [6, 6.07) is 9.29. The zero-order chi connectivity index (χ0) is 23.7. The zero-order valence-electron chi connectivity index (χ0n) is 19.0. The average molecular weight is 471 g/mol. The van der Waals surface area contributed by atoms with Gasteiger partial charge in [0.1, 0.15) is 29.4 Å². The Bertz CT molecular complexity index is 1620. The first-order chi connectivity index (χ1) is 17.1. The van der Waals surface area contributed by atoms with Gasteiger partial charge in [-0.3, -0.25) is 0 Å². The first kappa shape index (κ1) is 20.3. The maximum Gasteiger partial charge on any atom is 0.325 e. The Morgan fingerprint density at radius 2 is 2.11 bits per heavy atom. The summed E-state index contributed by atoms with van der Waals surface area (Å²) in [5.41, 5.74) is 9.12. The maximum atomic E-state index is 14.5. The molecule has 4 heterocycles. The van der Waals surface area contributed by atoms with Gasteiger partial charge in [-0.25, -0.2) is 14.4 Å². The van der Waals surface area contributed by atoms with Gasteiger partial charge in [0.15, 0.2) is 0 Å². The molecule has 2 aromatic carbocycles. The number of H-pyrrole nitrogens is 1. The third kappa shape index (κ3) is 3.17. The van der Waals surface area contributed by atoms with Gasteiger partial charge in [-0.2, -0.15) is 9.97 Å². The molecule has 1 aliphatic carbocycles. The summed E-state index contributed by atoms with van der Waals surface area (Å²) in [6.45, 7) is 0.811. The molecule has 2 aliphatic rings. The van der Waals surface area contributed by atoms with Gasteiger partial charge in [-0.15, -0.1) is 0 Å². The highest BCUT2D eigenvalue weighted by Crippen LogP contribution is 2.44. The van der Waals surface area contributed by atoms with Gasteiger partial charge < -0.3 is 25.7 Å². The number of piperidine rings is 1. The van der Waals surface area contributed by atoms with Crippen LogP contribution in [0.15, 0.2) is 42.9 Å². The second kappa shape index (κ2) is 7.47. The minimum absolute atomic E-state index is 0.209. The normalized spacial score (nSPS) is 21.5. The molecular weight excluding hydrogens is 447 g/mol. The van der Waals surface area contributed by atoms with Gasteiger partial charge in [0.25, 0.3) is 0 Å². The number of nitrogens with one attached hydrogen (secondary N) is 2. The van der Waals surface area contributed by atoms with Crippen LogP contribution in [0.25, 0.3) is 32.8 Å². The molecule has 2 bridgehead atoms. The van der Waals surface area contributed by atoms with Crippen LogP contribution in [-0.4, -0.2) is 50.6 Å². The monoisotopic (exact) mass is 470 g/mol. The highest BCUT2D eigenvalue weighted by atomic mass is 19.1. The topological polar surface area (TPSA) is 118 Å². The summed E-state index contributed by atoms with van der Waals surface area (Å²) in [4.78, 5) is 23.6. The minimum Gasteiger partial charge on any atom is -0.424 e.